The average molecular weight is 224 g/mol. The normalized spacial score (nSPS) is 26.1. The first-order valence-corrected chi connectivity index (χ1v) is 6.32. The van der Waals surface area contributed by atoms with E-state index >= 15 is 0 Å². The predicted molar refractivity (Wildman–Crippen MR) is 61.6 cm³/mol. The molecule has 1 aromatic rings. The van der Waals surface area contributed by atoms with Crippen molar-refractivity contribution in [2.24, 2.45) is 18.9 Å². The number of thioether (sulfide) groups is 1. The Morgan fingerprint density at radius 2 is 2.47 bits per heavy atom. The Hall–Kier alpha value is -0.770. The summed E-state index contributed by atoms with van der Waals surface area (Å²) in [7, 11) is 2.01. The van der Waals surface area contributed by atoms with Crippen molar-refractivity contribution < 1.29 is 4.79 Å². The highest BCUT2D eigenvalue weighted by Gasteiger charge is 2.34. The van der Waals surface area contributed by atoms with E-state index in [9.17, 15) is 4.79 Å². The molecule has 3 nitrogen and oxygen atoms in total. The summed E-state index contributed by atoms with van der Waals surface area (Å²) in [6.45, 7) is 2.10. The second-order valence-corrected chi connectivity index (χ2v) is 5.13. The van der Waals surface area contributed by atoms with Gasteiger partial charge in [-0.3, -0.25) is 4.79 Å². The van der Waals surface area contributed by atoms with Crippen LogP contribution in [0.4, 0.5) is 0 Å². The van der Waals surface area contributed by atoms with Gasteiger partial charge in [0.1, 0.15) is 0 Å². The molecule has 0 N–H and O–H groups in total. The predicted octanol–water partition coefficient (Wildman–Crippen LogP) is 1.88. The van der Waals surface area contributed by atoms with Crippen LogP contribution in [0, 0.1) is 11.8 Å². The van der Waals surface area contributed by atoms with Gasteiger partial charge in [-0.05, 0) is 18.8 Å². The molecule has 0 amide bonds. The lowest BCUT2D eigenvalue weighted by Gasteiger charge is -2.15. The molecule has 0 saturated carbocycles. The Balaban J connectivity index is 2.06. The molecule has 4 heteroatoms. The summed E-state index contributed by atoms with van der Waals surface area (Å²) in [5, 5.41) is 0.379. The first-order chi connectivity index (χ1) is 7.22. The van der Waals surface area contributed by atoms with Gasteiger partial charge in [-0.15, -0.1) is 0 Å². The summed E-state index contributed by atoms with van der Waals surface area (Å²) in [4.78, 5) is 15.7. The summed E-state index contributed by atoms with van der Waals surface area (Å²) in [6.07, 6.45) is 5.67. The van der Waals surface area contributed by atoms with Crippen molar-refractivity contribution in [3.63, 3.8) is 0 Å². The molecule has 0 bridgehead atoms. The van der Waals surface area contributed by atoms with E-state index in [1.54, 1.807) is 0 Å². The fraction of sp³-hybridized carbons (Fsp3) is 0.636. The maximum atomic E-state index is 11.6. The van der Waals surface area contributed by atoms with Crippen molar-refractivity contribution >= 4 is 16.9 Å². The van der Waals surface area contributed by atoms with Crippen LogP contribution < -0.4 is 0 Å². The molecular weight excluding hydrogens is 208 g/mol. The van der Waals surface area contributed by atoms with Crippen molar-refractivity contribution in [2.75, 3.05) is 5.75 Å². The number of nitrogens with zero attached hydrogens (tertiary/aromatic N) is 2. The third-order valence-electron chi connectivity index (χ3n) is 3.14. The van der Waals surface area contributed by atoms with E-state index in [1.807, 2.05) is 24.1 Å². The van der Waals surface area contributed by atoms with Crippen molar-refractivity contribution in [3.8, 4) is 0 Å². The minimum absolute atomic E-state index is 0.255. The molecule has 82 valence electrons. The second-order valence-electron chi connectivity index (χ2n) is 4.10. The monoisotopic (exact) mass is 224 g/mol. The molecule has 0 aromatic carbocycles. The fourth-order valence-corrected chi connectivity index (χ4v) is 3.46. The summed E-state index contributed by atoms with van der Waals surface area (Å²) < 4.78 is 2.04. The van der Waals surface area contributed by atoms with E-state index in [0.717, 1.165) is 18.6 Å². The first-order valence-electron chi connectivity index (χ1n) is 5.34. The quantitative estimate of drug-likeness (QED) is 0.786. The minimum Gasteiger partial charge on any atom is -0.338 e. The zero-order valence-electron chi connectivity index (χ0n) is 9.14. The SMILES string of the molecule is CC[C@@H]1C(=O)SCC1Cc1cncn1C. The number of hydrogen-bond donors (Lipinski definition) is 0. The van der Waals surface area contributed by atoms with E-state index in [-0.39, 0.29) is 5.92 Å². The first kappa shape index (κ1) is 10.7. The summed E-state index contributed by atoms with van der Waals surface area (Å²) >= 11 is 1.50. The number of carbonyl (C=O) groups is 1. The van der Waals surface area contributed by atoms with E-state index in [2.05, 4.69) is 11.9 Å². The van der Waals surface area contributed by atoms with Gasteiger partial charge in [-0.2, -0.15) is 0 Å². The summed E-state index contributed by atoms with van der Waals surface area (Å²) in [5.74, 6) is 1.73. The van der Waals surface area contributed by atoms with Crippen molar-refractivity contribution in [2.45, 2.75) is 19.8 Å². The lowest BCUT2D eigenvalue weighted by Crippen LogP contribution is -2.18. The minimum atomic E-state index is 0.255. The molecule has 1 unspecified atom stereocenters. The summed E-state index contributed by atoms with van der Waals surface area (Å²) in [6, 6.07) is 0. The molecule has 2 atom stereocenters. The van der Waals surface area contributed by atoms with Crippen LogP contribution in [0.3, 0.4) is 0 Å². The highest BCUT2D eigenvalue weighted by Crippen LogP contribution is 2.35. The largest absolute Gasteiger partial charge is 0.338 e. The molecule has 0 aliphatic carbocycles. The van der Waals surface area contributed by atoms with Crippen LogP contribution in [0.5, 0.6) is 0 Å². The van der Waals surface area contributed by atoms with Gasteiger partial charge in [0.05, 0.1) is 6.33 Å². The molecule has 1 aromatic heterocycles. The summed E-state index contributed by atoms with van der Waals surface area (Å²) in [5.41, 5.74) is 1.23. The maximum absolute atomic E-state index is 11.6. The third kappa shape index (κ3) is 2.09. The van der Waals surface area contributed by atoms with Gasteiger partial charge in [0.25, 0.3) is 0 Å². The van der Waals surface area contributed by atoms with Gasteiger partial charge < -0.3 is 4.57 Å². The molecule has 1 aliphatic rings. The standard InChI is InChI=1S/C11H16N2OS/c1-3-10-8(6-15-11(10)14)4-9-5-12-7-13(9)2/h5,7-8,10H,3-4,6H2,1-2H3/t8?,10-/m0/s1. The molecule has 1 saturated heterocycles. The van der Waals surface area contributed by atoms with Crippen LogP contribution in [-0.4, -0.2) is 20.4 Å². The van der Waals surface area contributed by atoms with Gasteiger partial charge in [-0.25, -0.2) is 4.98 Å². The zero-order valence-corrected chi connectivity index (χ0v) is 9.96. The fourth-order valence-electron chi connectivity index (χ4n) is 2.16. The molecule has 2 heterocycles. The van der Waals surface area contributed by atoms with E-state index in [0.29, 0.717) is 11.0 Å². The van der Waals surface area contributed by atoms with Crippen molar-refractivity contribution in [3.05, 3.63) is 18.2 Å². The zero-order chi connectivity index (χ0) is 10.8. The van der Waals surface area contributed by atoms with Crippen molar-refractivity contribution in [1.29, 1.82) is 0 Å². The number of hydrogen-bond acceptors (Lipinski definition) is 3. The molecular formula is C11H16N2OS. The number of imidazole rings is 1. The third-order valence-corrected chi connectivity index (χ3v) is 4.32. The Morgan fingerprint density at radius 3 is 3.07 bits per heavy atom. The topological polar surface area (TPSA) is 34.9 Å². The van der Waals surface area contributed by atoms with E-state index < -0.39 is 0 Å². The average Bonchev–Trinajstić information content (AvgIpc) is 2.76. The molecule has 15 heavy (non-hydrogen) atoms. The number of aryl methyl sites for hydroxylation is 1. The lowest BCUT2D eigenvalue weighted by molar-refractivity contribution is -0.114. The highest BCUT2D eigenvalue weighted by molar-refractivity contribution is 8.14. The van der Waals surface area contributed by atoms with Gasteiger partial charge >= 0.3 is 0 Å². The number of rotatable bonds is 3. The van der Waals surface area contributed by atoms with Gasteiger partial charge in [0, 0.05) is 30.6 Å². The number of carbonyl (C=O) groups excluding carboxylic acids is 1. The van der Waals surface area contributed by atoms with Crippen molar-refractivity contribution in [1.82, 2.24) is 9.55 Å². The van der Waals surface area contributed by atoms with Gasteiger partial charge in [-0.1, -0.05) is 18.7 Å². The van der Waals surface area contributed by atoms with Crippen LogP contribution in [0.2, 0.25) is 0 Å². The maximum Gasteiger partial charge on any atom is 0.192 e. The van der Waals surface area contributed by atoms with Gasteiger partial charge in [0.2, 0.25) is 0 Å². The smallest absolute Gasteiger partial charge is 0.192 e. The highest BCUT2D eigenvalue weighted by atomic mass is 32.2. The van der Waals surface area contributed by atoms with Crippen LogP contribution in [-0.2, 0) is 18.3 Å². The molecule has 2 rings (SSSR count). The Labute approximate surface area is 94.3 Å². The Bertz CT molecular complexity index is 361. The van der Waals surface area contributed by atoms with Crippen LogP contribution in [0.1, 0.15) is 19.0 Å². The van der Waals surface area contributed by atoms with Crippen LogP contribution in [0.25, 0.3) is 0 Å². The molecule has 1 fully saturated rings. The molecule has 0 radical (unpaired) electrons. The van der Waals surface area contributed by atoms with E-state index in [1.165, 1.54) is 17.5 Å². The lowest BCUT2D eigenvalue weighted by atomic mass is 9.89. The second kappa shape index (κ2) is 4.39. The van der Waals surface area contributed by atoms with Crippen LogP contribution in [0.15, 0.2) is 12.5 Å². The Kier molecular flexibility index (Phi) is 3.14. The molecule has 0 spiro atoms. The Morgan fingerprint density at radius 1 is 1.67 bits per heavy atom. The van der Waals surface area contributed by atoms with E-state index in [4.69, 9.17) is 0 Å². The van der Waals surface area contributed by atoms with Gasteiger partial charge in [0.15, 0.2) is 5.12 Å². The molecule has 1 aliphatic heterocycles. The number of aromatic nitrogens is 2. The van der Waals surface area contributed by atoms with Crippen LogP contribution >= 0.6 is 11.8 Å².